The lowest BCUT2D eigenvalue weighted by Gasteiger charge is -2.23. The lowest BCUT2D eigenvalue weighted by atomic mass is 9.99. The molecule has 7 heteroatoms. The van der Waals surface area contributed by atoms with Crippen molar-refractivity contribution in [1.29, 1.82) is 0 Å². The summed E-state index contributed by atoms with van der Waals surface area (Å²) in [6.45, 7) is 3.52. The molecule has 0 bridgehead atoms. The molecule has 0 aliphatic carbocycles. The van der Waals surface area contributed by atoms with E-state index in [1.807, 2.05) is 31.2 Å². The molecule has 1 unspecified atom stereocenters. The molecule has 1 atom stereocenters. The Balaban J connectivity index is 2.09. The molecule has 0 fully saturated rings. The highest BCUT2D eigenvalue weighted by Crippen LogP contribution is 2.25. The number of carboxylic acid groups (broad SMARTS) is 1. The number of aromatic nitrogens is 5. The molecule has 0 saturated heterocycles. The number of nitrogens with zero attached hydrogens (tertiary/aromatic N) is 5. The molecule has 3 rings (SSSR count). The first-order valence-electron chi connectivity index (χ1n) is 6.74. The zero-order valence-electron chi connectivity index (χ0n) is 12.2. The third kappa shape index (κ3) is 2.07. The van der Waals surface area contributed by atoms with Crippen LogP contribution in [-0.4, -0.2) is 35.6 Å². The van der Waals surface area contributed by atoms with Gasteiger partial charge in [-0.25, -0.2) is 9.78 Å². The number of hydrogen-bond acceptors (Lipinski definition) is 4. The fourth-order valence-electron chi connectivity index (χ4n) is 2.27. The molecule has 0 aliphatic heterocycles. The molecule has 0 spiro atoms. The van der Waals surface area contributed by atoms with Crippen LogP contribution in [0.15, 0.2) is 49.2 Å². The molecule has 0 saturated carbocycles. The van der Waals surface area contributed by atoms with Gasteiger partial charge in [0.25, 0.3) is 0 Å². The summed E-state index contributed by atoms with van der Waals surface area (Å²) in [7, 11) is 0. The Morgan fingerprint density at radius 2 is 2.09 bits per heavy atom. The van der Waals surface area contributed by atoms with Gasteiger partial charge in [0.2, 0.25) is 0 Å². The quantitative estimate of drug-likeness (QED) is 0.791. The summed E-state index contributed by atoms with van der Waals surface area (Å²) >= 11 is 0. The minimum absolute atomic E-state index is 0.334. The van der Waals surface area contributed by atoms with E-state index in [1.165, 1.54) is 28.1 Å². The van der Waals surface area contributed by atoms with E-state index in [2.05, 4.69) is 15.2 Å². The lowest BCUT2D eigenvalue weighted by molar-refractivity contribution is -0.144. The number of aryl methyl sites for hydroxylation is 1. The van der Waals surface area contributed by atoms with Gasteiger partial charge in [0.1, 0.15) is 5.69 Å². The van der Waals surface area contributed by atoms with Crippen molar-refractivity contribution in [3.8, 4) is 5.69 Å². The Labute approximate surface area is 126 Å². The van der Waals surface area contributed by atoms with Crippen LogP contribution >= 0.6 is 0 Å². The summed E-state index contributed by atoms with van der Waals surface area (Å²) in [6, 6.07) is 7.65. The summed E-state index contributed by atoms with van der Waals surface area (Å²) in [5.41, 5.74) is 0.787. The number of para-hydroxylation sites is 1. The van der Waals surface area contributed by atoms with Crippen molar-refractivity contribution in [2.75, 3.05) is 0 Å². The number of hydrogen-bond donors (Lipinski definition) is 1. The Morgan fingerprint density at radius 3 is 2.73 bits per heavy atom. The van der Waals surface area contributed by atoms with E-state index in [9.17, 15) is 9.90 Å². The molecule has 0 amide bonds. The number of carboxylic acids is 1. The van der Waals surface area contributed by atoms with Gasteiger partial charge < -0.3 is 9.67 Å². The fourth-order valence-corrected chi connectivity index (χ4v) is 2.27. The van der Waals surface area contributed by atoms with Crippen LogP contribution in [0.25, 0.3) is 5.69 Å². The summed E-state index contributed by atoms with van der Waals surface area (Å²) in [4.78, 5) is 17.2. The van der Waals surface area contributed by atoms with E-state index in [0.717, 1.165) is 11.3 Å². The Kier molecular flexibility index (Phi) is 3.25. The molecular formula is C15H15N5O2. The second-order valence-electron chi connectivity index (χ2n) is 5.15. The van der Waals surface area contributed by atoms with E-state index in [0.29, 0.717) is 5.69 Å². The van der Waals surface area contributed by atoms with Gasteiger partial charge in [-0.05, 0) is 25.5 Å². The molecule has 0 aliphatic rings. The van der Waals surface area contributed by atoms with Gasteiger partial charge in [0.15, 0.2) is 5.54 Å². The fraction of sp³-hybridized carbons (Fsp3) is 0.200. The lowest BCUT2D eigenvalue weighted by Crippen LogP contribution is -2.39. The maximum Gasteiger partial charge on any atom is 0.336 e. The molecule has 3 aromatic rings. The first-order chi connectivity index (χ1) is 10.5. The van der Waals surface area contributed by atoms with Crippen molar-refractivity contribution in [2.24, 2.45) is 0 Å². The Hall–Kier alpha value is -2.96. The van der Waals surface area contributed by atoms with Gasteiger partial charge in [-0.2, -0.15) is 15.0 Å². The van der Waals surface area contributed by atoms with E-state index < -0.39 is 11.5 Å². The van der Waals surface area contributed by atoms with E-state index >= 15 is 0 Å². The summed E-state index contributed by atoms with van der Waals surface area (Å²) in [5, 5.41) is 18.2. The number of carbonyl (C=O) groups is 1. The van der Waals surface area contributed by atoms with Gasteiger partial charge in [0.05, 0.1) is 18.2 Å². The van der Waals surface area contributed by atoms with Crippen LogP contribution in [0.4, 0.5) is 0 Å². The minimum Gasteiger partial charge on any atom is -0.479 e. The third-order valence-corrected chi connectivity index (χ3v) is 3.76. The van der Waals surface area contributed by atoms with Crippen LogP contribution in [0.1, 0.15) is 18.2 Å². The number of imidazole rings is 1. The monoisotopic (exact) mass is 297 g/mol. The number of rotatable bonds is 4. The van der Waals surface area contributed by atoms with Crippen molar-refractivity contribution in [3.05, 3.63) is 60.4 Å². The van der Waals surface area contributed by atoms with Crippen LogP contribution < -0.4 is 0 Å². The van der Waals surface area contributed by atoms with Crippen molar-refractivity contribution in [2.45, 2.75) is 19.4 Å². The topological polar surface area (TPSA) is 85.8 Å². The molecule has 2 aromatic heterocycles. The zero-order valence-corrected chi connectivity index (χ0v) is 12.2. The van der Waals surface area contributed by atoms with Gasteiger partial charge in [-0.1, -0.05) is 18.2 Å². The average molecular weight is 297 g/mol. The van der Waals surface area contributed by atoms with Gasteiger partial charge >= 0.3 is 5.97 Å². The third-order valence-electron chi connectivity index (χ3n) is 3.76. The molecular weight excluding hydrogens is 282 g/mol. The predicted octanol–water partition coefficient (Wildman–Crippen LogP) is 1.62. The standard InChI is InChI=1S/C15H15N5O2/c1-11-5-3-4-6-12(11)20-17-9-13(18-20)15(2,14(21)22)19-8-7-16-10-19/h3-10H,1-2H3,(H,21,22). The minimum atomic E-state index is -1.36. The largest absolute Gasteiger partial charge is 0.479 e. The van der Waals surface area contributed by atoms with Crippen LogP contribution in [0.5, 0.6) is 0 Å². The molecule has 0 radical (unpaired) electrons. The maximum atomic E-state index is 11.8. The Bertz CT molecular complexity index is 809. The highest BCUT2D eigenvalue weighted by Gasteiger charge is 2.40. The first kappa shape index (κ1) is 14.0. The summed E-state index contributed by atoms with van der Waals surface area (Å²) in [5.74, 6) is -1.03. The van der Waals surface area contributed by atoms with Crippen LogP contribution in [0.2, 0.25) is 0 Å². The molecule has 2 heterocycles. The van der Waals surface area contributed by atoms with E-state index in [1.54, 1.807) is 13.1 Å². The van der Waals surface area contributed by atoms with E-state index in [-0.39, 0.29) is 0 Å². The van der Waals surface area contributed by atoms with Crippen molar-refractivity contribution >= 4 is 5.97 Å². The molecule has 1 N–H and O–H groups in total. The van der Waals surface area contributed by atoms with Crippen molar-refractivity contribution in [3.63, 3.8) is 0 Å². The average Bonchev–Trinajstić information content (AvgIpc) is 3.18. The van der Waals surface area contributed by atoms with Crippen LogP contribution in [0.3, 0.4) is 0 Å². The van der Waals surface area contributed by atoms with Crippen LogP contribution in [0, 0.1) is 6.92 Å². The highest BCUT2D eigenvalue weighted by atomic mass is 16.4. The predicted molar refractivity (Wildman–Crippen MR) is 78.7 cm³/mol. The summed E-state index contributed by atoms with van der Waals surface area (Å²) < 4.78 is 1.50. The van der Waals surface area contributed by atoms with E-state index in [4.69, 9.17) is 0 Å². The smallest absolute Gasteiger partial charge is 0.336 e. The maximum absolute atomic E-state index is 11.8. The second-order valence-corrected chi connectivity index (χ2v) is 5.15. The van der Waals surface area contributed by atoms with Crippen molar-refractivity contribution < 1.29 is 9.90 Å². The van der Waals surface area contributed by atoms with Gasteiger partial charge in [-0.15, -0.1) is 0 Å². The first-order valence-corrected chi connectivity index (χ1v) is 6.74. The SMILES string of the molecule is Cc1ccccc1-n1ncc(C(C)(C(=O)O)n2ccnc2)n1. The second kappa shape index (κ2) is 5.10. The summed E-state index contributed by atoms with van der Waals surface area (Å²) in [6.07, 6.45) is 6.06. The van der Waals surface area contributed by atoms with Gasteiger partial charge in [0, 0.05) is 12.4 Å². The molecule has 1 aromatic carbocycles. The van der Waals surface area contributed by atoms with Crippen LogP contribution in [-0.2, 0) is 10.3 Å². The van der Waals surface area contributed by atoms with Gasteiger partial charge in [-0.3, -0.25) is 0 Å². The van der Waals surface area contributed by atoms with Crippen molar-refractivity contribution in [1.82, 2.24) is 24.5 Å². The molecule has 112 valence electrons. The highest BCUT2D eigenvalue weighted by molar-refractivity contribution is 5.80. The molecule has 22 heavy (non-hydrogen) atoms. The number of aliphatic carboxylic acids is 1. The number of benzene rings is 1. The zero-order chi connectivity index (χ0) is 15.7. The normalized spacial score (nSPS) is 13.7. The molecule has 7 nitrogen and oxygen atoms in total. The Morgan fingerprint density at radius 1 is 1.32 bits per heavy atom.